The Morgan fingerprint density at radius 1 is 1.06 bits per heavy atom. The zero-order valence-electron chi connectivity index (χ0n) is 16.6. The number of morpholine rings is 1. The van der Waals surface area contributed by atoms with Gasteiger partial charge in [-0.25, -0.2) is 0 Å². The van der Waals surface area contributed by atoms with Crippen molar-refractivity contribution in [3.8, 4) is 11.4 Å². The molecule has 1 aliphatic heterocycles. The minimum atomic E-state index is -4.78. The number of ether oxygens (including phenoxy) is 2. The van der Waals surface area contributed by atoms with Gasteiger partial charge in [0, 0.05) is 13.1 Å². The summed E-state index contributed by atoms with van der Waals surface area (Å²) in [5.41, 5.74) is 1.22. The van der Waals surface area contributed by atoms with Crippen LogP contribution in [0, 0.1) is 0 Å². The summed E-state index contributed by atoms with van der Waals surface area (Å²) in [5, 5.41) is 11.4. The van der Waals surface area contributed by atoms with Crippen molar-refractivity contribution in [3.63, 3.8) is 0 Å². The number of hydrogen-bond acceptors (Lipinski definition) is 7. The first-order valence-corrected chi connectivity index (χ1v) is 10.5. The molecule has 1 atom stereocenters. The van der Waals surface area contributed by atoms with Crippen LogP contribution in [0.2, 0.25) is 0 Å². The molecule has 0 unspecified atom stereocenters. The molecule has 0 saturated carbocycles. The van der Waals surface area contributed by atoms with E-state index in [0.29, 0.717) is 37.1 Å². The molecule has 0 bridgehead atoms. The summed E-state index contributed by atoms with van der Waals surface area (Å²) >= 11 is 1.17. The number of thioether (sulfide) groups is 1. The lowest BCUT2D eigenvalue weighted by Gasteiger charge is -2.30. The average molecular weight is 465 g/mol. The molecule has 4 rings (SSSR count). The predicted molar refractivity (Wildman–Crippen MR) is 108 cm³/mol. The number of nitrogens with zero attached hydrogens (tertiary/aromatic N) is 5. The Labute approximate surface area is 185 Å². The van der Waals surface area contributed by atoms with Gasteiger partial charge in [-0.2, -0.15) is 4.68 Å². The summed E-state index contributed by atoms with van der Waals surface area (Å²) in [6.45, 7) is 1.94. The largest absolute Gasteiger partial charge is 0.573 e. The molecule has 0 spiro atoms. The van der Waals surface area contributed by atoms with Crippen LogP contribution < -0.4 is 4.74 Å². The highest BCUT2D eigenvalue weighted by Gasteiger charge is 2.32. The van der Waals surface area contributed by atoms with Gasteiger partial charge in [0.1, 0.15) is 11.0 Å². The second-order valence-electron chi connectivity index (χ2n) is 6.76. The maximum absolute atomic E-state index is 13.3. The fourth-order valence-electron chi connectivity index (χ4n) is 3.15. The molecule has 2 aromatic carbocycles. The number of carbonyl (C=O) groups excluding carboxylic acids is 1. The lowest BCUT2D eigenvalue weighted by Crippen LogP contribution is -2.42. The maximum Gasteiger partial charge on any atom is 0.573 e. The Bertz CT molecular complexity index is 1040. The summed E-state index contributed by atoms with van der Waals surface area (Å²) in [4.78, 5) is 15.0. The van der Waals surface area contributed by atoms with Gasteiger partial charge < -0.3 is 14.4 Å². The van der Waals surface area contributed by atoms with Crippen molar-refractivity contribution in [2.75, 3.05) is 26.3 Å². The van der Waals surface area contributed by atoms with E-state index >= 15 is 0 Å². The number of carbonyl (C=O) groups is 1. The third-order valence-electron chi connectivity index (χ3n) is 4.63. The topological polar surface area (TPSA) is 82.4 Å². The van der Waals surface area contributed by atoms with Crippen molar-refractivity contribution in [3.05, 3.63) is 60.2 Å². The zero-order valence-corrected chi connectivity index (χ0v) is 17.4. The number of alkyl halides is 3. The molecule has 2 heterocycles. The van der Waals surface area contributed by atoms with E-state index in [2.05, 4.69) is 20.3 Å². The highest BCUT2D eigenvalue weighted by molar-refractivity contribution is 8.00. The molecule has 1 aromatic heterocycles. The van der Waals surface area contributed by atoms with Crippen LogP contribution in [0.4, 0.5) is 13.2 Å². The number of aromatic nitrogens is 4. The smallest absolute Gasteiger partial charge is 0.406 e. The van der Waals surface area contributed by atoms with Crippen molar-refractivity contribution in [2.45, 2.75) is 16.8 Å². The number of hydrogen-bond donors (Lipinski definition) is 0. The molecule has 0 radical (unpaired) electrons. The zero-order chi connectivity index (χ0) is 22.6. The molecule has 1 aliphatic rings. The van der Waals surface area contributed by atoms with E-state index in [1.54, 1.807) is 4.90 Å². The molecule has 3 aromatic rings. The second-order valence-corrected chi connectivity index (χ2v) is 7.83. The van der Waals surface area contributed by atoms with E-state index in [1.165, 1.54) is 40.7 Å². The second kappa shape index (κ2) is 9.57. The van der Waals surface area contributed by atoms with Gasteiger partial charge in [0.05, 0.1) is 18.9 Å². The van der Waals surface area contributed by atoms with Gasteiger partial charge in [0.2, 0.25) is 11.1 Å². The van der Waals surface area contributed by atoms with E-state index < -0.39 is 11.6 Å². The number of halogens is 3. The van der Waals surface area contributed by atoms with Gasteiger partial charge in [-0.15, -0.1) is 18.3 Å². The quantitative estimate of drug-likeness (QED) is 0.517. The molecule has 32 heavy (non-hydrogen) atoms. The van der Waals surface area contributed by atoms with Crippen molar-refractivity contribution in [2.24, 2.45) is 0 Å². The third-order valence-corrected chi connectivity index (χ3v) is 5.80. The minimum absolute atomic E-state index is 0.0898. The highest BCUT2D eigenvalue weighted by atomic mass is 32.2. The van der Waals surface area contributed by atoms with Crippen LogP contribution in [-0.4, -0.2) is 63.7 Å². The molecular weight excluding hydrogens is 447 g/mol. The Hall–Kier alpha value is -3.12. The van der Waals surface area contributed by atoms with Crippen molar-refractivity contribution < 1.29 is 27.4 Å². The Balaban J connectivity index is 1.59. The van der Waals surface area contributed by atoms with Crippen LogP contribution in [0.3, 0.4) is 0 Å². The summed E-state index contributed by atoms with van der Waals surface area (Å²) in [6.07, 6.45) is -4.78. The third kappa shape index (κ3) is 5.37. The fraction of sp³-hybridized carbons (Fsp3) is 0.300. The van der Waals surface area contributed by atoms with Gasteiger partial charge in [-0.05, 0) is 40.3 Å². The number of tetrazole rings is 1. The SMILES string of the molecule is O=C([C@H](Sc1nnnn1-c1ccc(OC(F)(F)F)cc1)c1ccccc1)N1CCOCC1. The van der Waals surface area contributed by atoms with Gasteiger partial charge in [-0.3, -0.25) is 4.79 Å². The van der Waals surface area contributed by atoms with E-state index in [0.717, 1.165) is 5.56 Å². The van der Waals surface area contributed by atoms with Gasteiger partial charge in [0.25, 0.3) is 0 Å². The van der Waals surface area contributed by atoms with Crippen molar-refractivity contribution in [1.82, 2.24) is 25.1 Å². The van der Waals surface area contributed by atoms with E-state index in [4.69, 9.17) is 4.74 Å². The number of rotatable bonds is 6. The molecule has 0 aliphatic carbocycles. The fourth-order valence-corrected chi connectivity index (χ4v) is 4.23. The lowest BCUT2D eigenvalue weighted by atomic mass is 10.1. The molecule has 0 N–H and O–H groups in total. The minimum Gasteiger partial charge on any atom is -0.406 e. The van der Waals surface area contributed by atoms with E-state index in [9.17, 15) is 18.0 Å². The lowest BCUT2D eigenvalue weighted by molar-refractivity contribution is -0.274. The first-order valence-electron chi connectivity index (χ1n) is 9.63. The summed E-state index contributed by atoms with van der Waals surface area (Å²) < 4.78 is 47.8. The molecule has 1 amide bonds. The van der Waals surface area contributed by atoms with Crippen LogP contribution >= 0.6 is 11.8 Å². The van der Waals surface area contributed by atoms with Gasteiger partial charge in [-0.1, -0.05) is 42.1 Å². The normalized spacial score (nSPS) is 15.4. The Morgan fingerprint density at radius 3 is 2.41 bits per heavy atom. The molecule has 168 valence electrons. The van der Waals surface area contributed by atoms with Crippen LogP contribution in [0.15, 0.2) is 59.8 Å². The summed E-state index contributed by atoms with van der Waals surface area (Å²) in [5.74, 6) is -0.443. The van der Waals surface area contributed by atoms with E-state index in [1.807, 2.05) is 30.3 Å². The number of benzene rings is 2. The van der Waals surface area contributed by atoms with Crippen LogP contribution in [0.1, 0.15) is 10.8 Å². The number of amides is 1. The first-order chi connectivity index (χ1) is 15.4. The molecule has 1 fully saturated rings. The monoisotopic (exact) mass is 465 g/mol. The van der Waals surface area contributed by atoms with Crippen LogP contribution in [0.5, 0.6) is 5.75 Å². The van der Waals surface area contributed by atoms with Crippen LogP contribution in [-0.2, 0) is 9.53 Å². The maximum atomic E-state index is 13.3. The van der Waals surface area contributed by atoms with Crippen LogP contribution in [0.25, 0.3) is 5.69 Å². The molecule has 12 heteroatoms. The average Bonchev–Trinajstić information content (AvgIpc) is 3.26. The first kappa shape index (κ1) is 22.1. The molecule has 1 saturated heterocycles. The van der Waals surface area contributed by atoms with Gasteiger partial charge >= 0.3 is 6.36 Å². The van der Waals surface area contributed by atoms with Crippen molar-refractivity contribution >= 4 is 17.7 Å². The van der Waals surface area contributed by atoms with Crippen molar-refractivity contribution in [1.29, 1.82) is 0 Å². The highest BCUT2D eigenvalue weighted by Crippen LogP contribution is 2.36. The van der Waals surface area contributed by atoms with Gasteiger partial charge in [0.15, 0.2) is 0 Å². The summed E-state index contributed by atoms with van der Waals surface area (Å²) in [7, 11) is 0. The van der Waals surface area contributed by atoms with E-state index in [-0.39, 0.29) is 11.7 Å². The predicted octanol–water partition coefficient (Wildman–Crippen LogP) is 3.25. The molecule has 8 nitrogen and oxygen atoms in total. The Kier molecular flexibility index (Phi) is 6.61. The Morgan fingerprint density at radius 2 is 1.75 bits per heavy atom. The summed E-state index contributed by atoms with van der Waals surface area (Å²) in [6, 6.07) is 14.4. The molecular formula is C20H18F3N5O3S. The standard InChI is InChI=1S/C20H18F3N5O3S/c21-20(22,23)31-16-8-6-15(7-9-16)28-19(24-25-26-28)32-17(14-4-2-1-3-5-14)18(29)27-10-12-30-13-11-27/h1-9,17H,10-13H2/t17-/m1/s1.